The summed E-state index contributed by atoms with van der Waals surface area (Å²) < 4.78 is 11.4. The molecule has 1 unspecified atom stereocenters. The Hall–Kier alpha value is -7.36. The number of aromatic nitrogens is 2. The molecule has 1 aliphatic rings. The molecule has 3 nitrogen and oxygen atoms in total. The van der Waals surface area contributed by atoms with Crippen LogP contribution in [0.5, 0.6) is 0 Å². The van der Waals surface area contributed by atoms with Crippen LogP contribution in [0.15, 0.2) is 192 Å². The van der Waals surface area contributed by atoms with E-state index in [9.17, 15) is 0 Å². The molecule has 274 valence electrons. The van der Waals surface area contributed by atoms with Crippen molar-refractivity contribution < 1.29 is 4.42 Å². The first-order chi connectivity index (χ1) is 28.7. The second-order valence-electron chi connectivity index (χ2n) is 15.8. The molecule has 3 heteroatoms. The van der Waals surface area contributed by atoms with Gasteiger partial charge in [-0.15, -0.1) is 0 Å². The summed E-state index contributed by atoms with van der Waals surface area (Å²) in [5, 5.41) is 5.97. The van der Waals surface area contributed by atoms with Crippen molar-refractivity contribution in [2.45, 2.75) is 13.3 Å². The van der Waals surface area contributed by atoms with Crippen molar-refractivity contribution in [1.82, 2.24) is 9.13 Å². The second kappa shape index (κ2) is 12.8. The third-order valence-electron chi connectivity index (χ3n) is 12.4. The summed E-state index contributed by atoms with van der Waals surface area (Å²) in [6.07, 6.45) is 3.42. The lowest BCUT2D eigenvalue weighted by Crippen LogP contribution is -2.12. The van der Waals surface area contributed by atoms with E-state index in [0.29, 0.717) is 5.92 Å². The normalized spacial score (nSPS) is 14.2. The molecule has 0 bridgehead atoms. The molecule has 0 amide bonds. The van der Waals surface area contributed by atoms with E-state index in [1.54, 1.807) is 0 Å². The number of fused-ring (bicyclic) bond motifs is 9. The van der Waals surface area contributed by atoms with Crippen LogP contribution in [0.2, 0.25) is 0 Å². The van der Waals surface area contributed by atoms with E-state index >= 15 is 0 Å². The molecular weight excluding hydrogens is 705 g/mol. The maximum atomic E-state index is 6.49. The van der Waals surface area contributed by atoms with Crippen LogP contribution in [-0.4, -0.2) is 9.13 Å². The predicted octanol–water partition coefficient (Wildman–Crippen LogP) is 14.7. The van der Waals surface area contributed by atoms with Gasteiger partial charge in [-0.25, -0.2) is 0 Å². The van der Waals surface area contributed by atoms with Crippen LogP contribution in [0.1, 0.15) is 23.7 Å². The number of allylic oxidation sites excluding steroid dienone is 1. The summed E-state index contributed by atoms with van der Waals surface area (Å²) in [6.45, 7) is 2.39. The molecular formula is C55H38N2O. The van der Waals surface area contributed by atoms with Gasteiger partial charge in [-0.1, -0.05) is 134 Å². The highest BCUT2D eigenvalue weighted by Gasteiger charge is 2.27. The molecule has 8 aromatic carbocycles. The minimum Gasteiger partial charge on any atom is -0.456 e. The summed E-state index contributed by atoms with van der Waals surface area (Å²) in [4.78, 5) is 0. The van der Waals surface area contributed by atoms with Crippen LogP contribution in [0, 0.1) is 5.92 Å². The lowest BCUT2D eigenvalue weighted by atomic mass is 9.83. The van der Waals surface area contributed by atoms with Crippen LogP contribution >= 0.6 is 0 Å². The van der Waals surface area contributed by atoms with Crippen LogP contribution in [0.25, 0.3) is 99.9 Å². The standard InChI is InChI=1S/C55H38N2O/c1-35-28-52-47(43-22-8-10-24-50(43)56(52)41-20-12-18-38(29-41)36-14-4-2-5-15-36)32-45(35)40-26-27-51-46(31-40)48-34-55-49(44-23-9-11-25-54(44)58-55)33-53(48)57(51)42-21-13-19-39(30-42)37-16-6-3-7-17-37/h2-27,29-35H,28H2,1H3. The van der Waals surface area contributed by atoms with Crippen molar-refractivity contribution in [3.8, 4) is 33.6 Å². The fraction of sp³-hybridized carbons (Fsp3) is 0.0545. The maximum absolute atomic E-state index is 6.49. The fourth-order valence-corrected chi connectivity index (χ4v) is 9.65. The van der Waals surface area contributed by atoms with Gasteiger partial charge in [-0.05, 0) is 112 Å². The Kier molecular flexibility index (Phi) is 7.27. The van der Waals surface area contributed by atoms with Crippen molar-refractivity contribution in [2.75, 3.05) is 0 Å². The van der Waals surface area contributed by atoms with Gasteiger partial charge in [-0.2, -0.15) is 0 Å². The molecule has 0 fully saturated rings. The van der Waals surface area contributed by atoms with E-state index in [-0.39, 0.29) is 0 Å². The summed E-state index contributed by atoms with van der Waals surface area (Å²) in [6, 6.07) is 68.2. The van der Waals surface area contributed by atoms with Crippen molar-refractivity contribution >= 4 is 66.3 Å². The van der Waals surface area contributed by atoms with Gasteiger partial charge >= 0.3 is 0 Å². The first kappa shape index (κ1) is 32.8. The molecule has 0 radical (unpaired) electrons. The molecule has 0 saturated carbocycles. The highest BCUT2D eigenvalue weighted by molar-refractivity contribution is 6.17. The lowest BCUT2D eigenvalue weighted by Gasteiger charge is -2.24. The number of para-hydroxylation sites is 2. The quantitative estimate of drug-likeness (QED) is 0.172. The van der Waals surface area contributed by atoms with Crippen LogP contribution < -0.4 is 0 Å². The Morgan fingerprint density at radius 1 is 0.414 bits per heavy atom. The number of nitrogens with zero attached hydrogens (tertiary/aromatic N) is 2. The Morgan fingerprint density at radius 3 is 1.76 bits per heavy atom. The number of furan rings is 1. The SMILES string of the molecule is CC1Cc2c(c3ccccc3n2-c2cccc(-c3ccccc3)c2)C=C1c1ccc2c(c1)c1cc3oc4ccccc4c3cc1n2-c1cccc(-c2ccccc2)c1. The van der Waals surface area contributed by atoms with Crippen LogP contribution in [0.4, 0.5) is 0 Å². The predicted molar refractivity (Wildman–Crippen MR) is 243 cm³/mol. The van der Waals surface area contributed by atoms with Gasteiger partial charge in [0, 0.05) is 49.6 Å². The number of rotatable bonds is 5. The molecule has 1 atom stereocenters. The zero-order valence-electron chi connectivity index (χ0n) is 32.1. The average Bonchev–Trinajstić information content (AvgIpc) is 3.92. The van der Waals surface area contributed by atoms with Crippen molar-refractivity contribution in [2.24, 2.45) is 5.92 Å². The molecule has 11 aromatic rings. The summed E-state index contributed by atoms with van der Waals surface area (Å²) in [5.74, 6) is 0.309. The van der Waals surface area contributed by atoms with E-state index < -0.39 is 0 Å². The zero-order valence-corrected chi connectivity index (χ0v) is 32.1. The van der Waals surface area contributed by atoms with Crippen molar-refractivity contribution in [3.05, 3.63) is 205 Å². The smallest absolute Gasteiger partial charge is 0.136 e. The molecule has 1 aliphatic carbocycles. The topological polar surface area (TPSA) is 23.0 Å². The molecule has 12 rings (SSSR count). The van der Waals surface area contributed by atoms with Gasteiger partial charge in [0.2, 0.25) is 0 Å². The number of hydrogen-bond acceptors (Lipinski definition) is 1. The van der Waals surface area contributed by atoms with Gasteiger partial charge in [0.1, 0.15) is 11.2 Å². The Bertz CT molecular complexity index is 3430. The van der Waals surface area contributed by atoms with Gasteiger partial charge in [0.05, 0.1) is 16.6 Å². The fourth-order valence-electron chi connectivity index (χ4n) is 9.65. The van der Waals surface area contributed by atoms with Crippen molar-refractivity contribution in [3.63, 3.8) is 0 Å². The zero-order chi connectivity index (χ0) is 38.3. The number of benzene rings is 8. The largest absolute Gasteiger partial charge is 0.456 e. The highest BCUT2D eigenvalue weighted by atomic mass is 16.3. The molecule has 0 spiro atoms. The molecule has 0 N–H and O–H groups in total. The molecule has 3 heterocycles. The second-order valence-corrected chi connectivity index (χ2v) is 15.8. The van der Waals surface area contributed by atoms with Crippen LogP contribution in [-0.2, 0) is 6.42 Å². The molecule has 0 saturated heterocycles. The first-order valence-corrected chi connectivity index (χ1v) is 20.2. The van der Waals surface area contributed by atoms with E-state index in [1.807, 2.05) is 6.07 Å². The molecule has 3 aromatic heterocycles. The summed E-state index contributed by atoms with van der Waals surface area (Å²) >= 11 is 0. The molecule has 0 aliphatic heterocycles. The Labute approximate surface area is 336 Å². The van der Waals surface area contributed by atoms with Crippen molar-refractivity contribution in [1.29, 1.82) is 0 Å². The van der Waals surface area contributed by atoms with Gasteiger partial charge in [-0.3, -0.25) is 0 Å². The Balaban J connectivity index is 1.05. The summed E-state index contributed by atoms with van der Waals surface area (Å²) in [5.41, 5.74) is 17.9. The third kappa shape index (κ3) is 5.06. The summed E-state index contributed by atoms with van der Waals surface area (Å²) in [7, 11) is 0. The Morgan fingerprint density at radius 2 is 1.02 bits per heavy atom. The van der Waals surface area contributed by atoms with E-state index in [1.165, 1.54) is 83.0 Å². The average molecular weight is 743 g/mol. The minimum atomic E-state index is 0.309. The molecule has 58 heavy (non-hydrogen) atoms. The van der Waals surface area contributed by atoms with Crippen LogP contribution in [0.3, 0.4) is 0 Å². The van der Waals surface area contributed by atoms with E-state index in [2.05, 4.69) is 204 Å². The first-order valence-electron chi connectivity index (χ1n) is 20.2. The van der Waals surface area contributed by atoms with Gasteiger partial charge in [0.25, 0.3) is 0 Å². The van der Waals surface area contributed by atoms with E-state index in [4.69, 9.17) is 4.42 Å². The number of hydrogen-bond donors (Lipinski definition) is 0. The van der Waals surface area contributed by atoms with E-state index in [0.717, 1.165) is 34.0 Å². The van der Waals surface area contributed by atoms with Gasteiger partial charge in [0.15, 0.2) is 0 Å². The highest BCUT2D eigenvalue weighted by Crippen LogP contribution is 2.44. The third-order valence-corrected chi connectivity index (χ3v) is 12.4. The minimum absolute atomic E-state index is 0.309. The monoisotopic (exact) mass is 742 g/mol. The van der Waals surface area contributed by atoms with Gasteiger partial charge < -0.3 is 13.6 Å². The maximum Gasteiger partial charge on any atom is 0.136 e. The lowest BCUT2D eigenvalue weighted by molar-refractivity contribution is 0.669.